The number of nitrogens with zero attached hydrogens (tertiary/aromatic N) is 1. The number of ether oxygens (including phenoxy) is 1. The van der Waals surface area contributed by atoms with E-state index < -0.39 is 0 Å². The van der Waals surface area contributed by atoms with E-state index in [2.05, 4.69) is 7.05 Å². The third-order valence-corrected chi connectivity index (χ3v) is 4.37. The number of nitro groups is 1. The lowest BCUT2D eigenvalue weighted by Gasteiger charge is -2.27. The molecule has 1 heterocycles. The van der Waals surface area contributed by atoms with Gasteiger partial charge in [-0.2, -0.15) is 0 Å². The molecule has 22 heavy (non-hydrogen) atoms. The molecule has 0 amide bonds. The molecule has 0 radical (unpaired) electrons. The number of aryl methyl sites for hydroxylation is 1. The normalized spacial score (nSPS) is 21.5. The molecular formula is C16H27N3O3+2. The van der Waals surface area contributed by atoms with Gasteiger partial charge in [0.05, 0.1) is 25.1 Å². The number of hydrogen-bond donors (Lipinski definition) is 2. The summed E-state index contributed by atoms with van der Waals surface area (Å²) in [6.07, 6.45) is 2.20. The van der Waals surface area contributed by atoms with Gasteiger partial charge in [0.2, 0.25) is 0 Å². The van der Waals surface area contributed by atoms with Gasteiger partial charge < -0.3 is 14.5 Å². The summed E-state index contributed by atoms with van der Waals surface area (Å²) in [7, 11) is 2.26. The van der Waals surface area contributed by atoms with Crippen molar-refractivity contribution in [2.45, 2.75) is 19.8 Å². The molecule has 122 valence electrons. The number of benzene rings is 1. The van der Waals surface area contributed by atoms with Gasteiger partial charge in [0.25, 0.3) is 5.69 Å². The molecule has 1 fully saturated rings. The summed E-state index contributed by atoms with van der Waals surface area (Å²) in [5.41, 5.74) is 0.792. The highest BCUT2D eigenvalue weighted by Gasteiger charge is 2.18. The van der Waals surface area contributed by atoms with Crippen LogP contribution < -0.4 is 14.5 Å². The van der Waals surface area contributed by atoms with Crippen molar-refractivity contribution in [3.05, 3.63) is 33.9 Å². The molecule has 0 bridgehead atoms. The van der Waals surface area contributed by atoms with E-state index in [1.807, 2.05) is 0 Å². The van der Waals surface area contributed by atoms with Crippen molar-refractivity contribution < 1.29 is 19.5 Å². The average molecular weight is 309 g/mol. The topological polar surface area (TPSA) is 61.2 Å². The molecule has 0 aliphatic carbocycles. The Kier molecular flexibility index (Phi) is 6.15. The number of hydrogen-bond acceptors (Lipinski definition) is 3. The number of nitro benzene ring substituents is 1. The number of quaternary nitrogens is 2. The van der Waals surface area contributed by atoms with Gasteiger partial charge in [0.15, 0.2) is 0 Å². The van der Waals surface area contributed by atoms with E-state index >= 15 is 0 Å². The van der Waals surface area contributed by atoms with Crippen LogP contribution in [-0.4, -0.2) is 51.3 Å². The molecule has 0 aromatic heterocycles. The van der Waals surface area contributed by atoms with Gasteiger partial charge in [0, 0.05) is 11.6 Å². The predicted molar refractivity (Wildman–Crippen MR) is 84.7 cm³/mol. The zero-order valence-electron chi connectivity index (χ0n) is 13.6. The number of unbranched alkanes of at least 4 members (excludes halogenated alkanes) is 1. The van der Waals surface area contributed by atoms with Gasteiger partial charge in [-0.25, -0.2) is 0 Å². The Balaban J connectivity index is 1.64. The second-order valence-electron chi connectivity index (χ2n) is 6.22. The lowest BCUT2D eigenvalue weighted by atomic mass is 10.2. The van der Waals surface area contributed by atoms with Crippen molar-refractivity contribution >= 4 is 5.69 Å². The summed E-state index contributed by atoms with van der Waals surface area (Å²) < 4.78 is 5.69. The Labute approximate surface area is 131 Å². The van der Waals surface area contributed by atoms with Crippen LogP contribution in [0.5, 0.6) is 5.75 Å². The third-order valence-electron chi connectivity index (χ3n) is 4.37. The minimum atomic E-state index is -0.361. The van der Waals surface area contributed by atoms with Crippen molar-refractivity contribution in [2.24, 2.45) is 0 Å². The van der Waals surface area contributed by atoms with E-state index in [-0.39, 0.29) is 10.6 Å². The fraction of sp³-hybridized carbons (Fsp3) is 0.625. The van der Waals surface area contributed by atoms with Crippen LogP contribution in [0, 0.1) is 17.0 Å². The van der Waals surface area contributed by atoms with Crippen LogP contribution in [0.3, 0.4) is 0 Å². The molecule has 6 nitrogen and oxygen atoms in total. The van der Waals surface area contributed by atoms with E-state index in [4.69, 9.17) is 4.74 Å². The second-order valence-corrected chi connectivity index (χ2v) is 6.22. The Bertz CT molecular complexity index is 499. The highest BCUT2D eigenvalue weighted by Crippen LogP contribution is 2.23. The Morgan fingerprint density at radius 2 is 1.95 bits per heavy atom. The lowest BCUT2D eigenvalue weighted by molar-refractivity contribution is -1.00. The Morgan fingerprint density at radius 3 is 2.59 bits per heavy atom. The Hall–Kier alpha value is -1.66. The smallest absolute Gasteiger partial charge is 0.272 e. The van der Waals surface area contributed by atoms with Crippen molar-refractivity contribution in [3.8, 4) is 5.75 Å². The fourth-order valence-electron chi connectivity index (χ4n) is 2.87. The number of piperazine rings is 1. The number of nitrogens with one attached hydrogen (secondary N) is 2. The van der Waals surface area contributed by atoms with Gasteiger partial charge in [-0.3, -0.25) is 10.1 Å². The van der Waals surface area contributed by atoms with E-state index in [1.165, 1.54) is 45.2 Å². The standard InChI is InChI=1S/C16H25N3O3/c1-14-13-15(5-6-16(14)19(20)21)22-12-4-3-7-18-10-8-17(2)9-11-18/h5-6,13H,3-4,7-12H2,1-2H3/p+2. The SMILES string of the molecule is Cc1cc(OCCCC[NH+]2CC[NH+](C)CC2)ccc1[N+](=O)[O-]. The number of likely N-dealkylation sites (N-methyl/N-ethyl adjacent to an activating group) is 1. The summed E-state index contributed by atoms with van der Waals surface area (Å²) in [5.74, 6) is 0.721. The van der Waals surface area contributed by atoms with Crippen molar-refractivity contribution in [2.75, 3.05) is 46.4 Å². The van der Waals surface area contributed by atoms with Crippen LogP contribution >= 0.6 is 0 Å². The van der Waals surface area contributed by atoms with Crippen LogP contribution in [0.1, 0.15) is 18.4 Å². The lowest BCUT2D eigenvalue weighted by Crippen LogP contribution is -3.27. The highest BCUT2D eigenvalue weighted by molar-refractivity contribution is 5.44. The van der Waals surface area contributed by atoms with Gasteiger partial charge >= 0.3 is 0 Å². The first-order chi connectivity index (χ1) is 10.6. The van der Waals surface area contributed by atoms with E-state index in [0.717, 1.165) is 12.2 Å². The fourth-order valence-corrected chi connectivity index (χ4v) is 2.87. The molecule has 1 saturated heterocycles. The maximum Gasteiger partial charge on any atom is 0.272 e. The highest BCUT2D eigenvalue weighted by atomic mass is 16.6. The first-order valence-corrected chi connectivity index (χ1v) is 8.09. The molecule has 0 atom stereocenters. The van der Waals surface area contributed by atoms with Crippen LogP contribution in [0.4, 0.5) is 5.69 Å². The molecule has 2 rings (SSSR count). The summed E-state index contributed by atoms with van der Waals surface area (Å²) in [5, 5.41) is 10.8. The summed E-state index contributed by atoms with van der Waals surface area (Å²) in [6, 6.07) is 4.94. The van der Waals surface area contributed by atoms with Gasteiger partial charge in [-0.15, -0.1) is 0 Å². The maximum atomic E-state index is 10.8. The third kappa shape index (κ3) is 4.96. The van der Waals surface area contributed by atoms with Gasteiger partial charge in [-0.1, -0.05) is 0 Å². The van der Waals surface area contributed by atoms with Gasteiger partial charge in [-0.05, 0) is 31.9 Å². The van der Waals surface area contributed by atoms with Crippen LogP contribution in [-0.2, 0) is 0 Å². The molecule has 2 N–H and O–H groups in total. The molecule has 6 heteroatoms. The maximum absolute atomic E-state index is 10.8. The minimum absolute atomic E-state index is 0.146. The van der Waals surface area contributed by atoms with E-state index in [0.29, 0.717) is 12.2 Å². The minimum Gasteiger partial charge on any atom is -0.494 e. The Morgan fingerprint density at radius 1 is 1.23 bits per heavy atom. The van der Waals surface area contributed by atoms with E-state index in [1.54, 1.807) is 28.9 Å². The molecule has 1 aliphatic heterocycles. The second kappa shape index (κ2) is 8.10. The van der Waals surface area contributed by atoms with Crippen molar-refractivity contribution in [3.63, 3.8) is 0 Å². The molecule has 0 unspecified atom stereocenters. The predicted octanol–water partition coefficient (Wildman–Crippen LogP) is -0.525. The molecule has 1 aliphatic rings. The van der Waals surface area contributed by atoms with Gasteiger partial charge in [0.1, 0.15) is 31.9 Å². The summed E-state index contributed by atoms with van der Waals surface area (Å²) >= 11 is 0. The number of rotatable bonds is 7. The molecule has 0 saturated carbocycles. The molecule has 1 aromatic carbocycles. The quantitative estimate of drug-likeness (QED) is 0.405. The first-order valence-electron chi connectivity index (χ1n) is 8.09. The van der Waals surface area contributed by atoms with Crippen molar-refractivity contribution in [1.29, 1.82) is 0 Å². The summed E-state index contributed by atoms with van der Waals surface area (Å²) in [6.45, 7) is 8.72. The van der Waals surface area contributed by atoms with Crippen LogP contribution in [0.25, 0.3) is 0 Å². The zero-order valence-corrected chi connectivity index (χ0v) is 13.6. The molecular weight excluding hydrogens is 282 g/mol. The van der Waals surface area contributed by atoms with Crippen LogP contribution in [0.2, 0.25) is 0 Å². The van der Waals surface area contributed by atoms with Crippen molar-refractivity contribution in [1.82, 2.24) is 0 Å². The largest absolute Gasteiger partial charge is 0.494 e. The first kappa shape index (κ1) is 16.7. The summed E-state index contributed by atoms with van der Waals surface area (Å²) in [4.78, 5) is 13.7. The van der Waals surface area contributed by atoms with Crippen LogP contribution in [0.15, 0.2) is 18.2 Å². The molecule has 0 spiro atoms. The zero-order chi connectivity index (χ0) is 15.9. The average Bonchev–Trinajstić information content (AvgIpc) is 2.48. The van der Waals surface area contributed by atoms with E-state index in [9.17, 15) is 10.1 Å². The molecule has 1 aromatic rings. The monoisotopic (exact) mass is 309 g/mol.